The zero-order valence-corrected chi connectivity index (χ0v) is 22.2. The molecule has 2 N–H and O–H groups in total. The Balaban J connectivity index is 1.56. The minimum Gasteiger partial charge on any atom is -0.493 e. The predicted molar refractivity (Wildman–Crippen MR) is 143 cm³/mol. The Labute approximate surface area is 227 Å². The lowest BCUT2D eigenvalue weighted by atomic mass is 9.83. The van der Waals surface area contributed by atoms with E-state index in [0.29, 0.717) is 46.8 Å². The molecule has 3 aromatic carbocycles. The van der Waals surface area contributed by atoms with Crippen molar-refractivity contribution in [3.05, 3.63) is 83.2 Å². The van der Waals surface area contributed by atoms with E-state index < -0.39 is 11.9 Å². The van der Waals surface area contributed by atoms with Gasteiger partial charge in [-0.3, -0.25) is 0 Å². The third-order valence-electron chi connectivity index (χ3n) is 5.93. The maximum absolute atomic E-state index is 12.5. The summed E-state index contributed by atoms with van der Waals surface area (Å²) >= 11 is 0. The van der Waals surface area contributed by atoms with E-state index in [4.69, 9.17) is 34.2 Å². The van der Waals surface area contributed by atoms with Crippen LogP contribution in [0.1, 0.15) is 30.9 Å². The van der Waals surface area contributed by atoms with E-state index in [1.807, 2.05) is 18.2 Å². The summed E-state index contributed by atoms with van der Waals surface area (Å²) in [4.78, 5) is 12.5. The molecule has 9 heteroatoms. The smallest absolute Gasteiger partial charge is 0.349 e. The highest BCUT2D eigenvalue weighted by atomic mass is 16.6. The van der Waals surface area contributed by atoms with Gasteiger partial charge in [-0.15, -0.1) is 0 Å². The van der Waals surface area contributed by atoms with E-state index in [2.05, 4.69) is 19.9 Å². The topological polar surface area (TPSA) is 122 Å². The molecule has 3 aromatic rings. The number of esters is 1. The largest absolute Gasteiger partial charge is 0.493 e. The van der Waals surface area contributed by atoms with Gasteiger partial charge in [0, 0.05) is 11.6 Å². The lowest BCUT2D eigenvalue weighted by molar-refractivity contribution is -0.136. The molecule has 4 rings (SSSR count). The molecule has 0 spiro atoms. The molecule has 0 aromatic heterocycles. The van der Waals surface area contributed by atoms with Gasteiger partial charge in [0.15, 0.2) is 29.6 Å². The molecule has 0 fully saturated rings. The molecular formula is C30H30N2O7. The van der Waals surface area contributed by atoms with Crippen molar-refractivity contribution in [2.24, 2.45) is 11.7 Å². The number of allylic oxidation sites excluding steroid dienone is 1. The number of fused-ring (bicyclic) bond motifs is 1. The van der Waals surface area contributed by atoms with Gasteiger partial charge in [-0.25, -0.2) is 4.79 Å². The van der Waals surface area contributed by atoms with Crippen LogP contribution in [-0.4, -0.2) is 33.4 Å². The standard InChI is InChI=1S/C30H30N2O7/c1-18(2)16-36-25-12-9-19(13-27(25)35-4)29-21-11-10-20(14-26(21)39-30(32)22(29)15-31)38-28(33)17-37-24-8-6-5-7-23(24)34-3/h5-14,18,29H,16-17,32H2,1-4H3. The van der Waals surface area contributed by atoms with E-state index in [1.165, 1.54) is 7.11 Å². The summed E-state index contributed by atoms with van der Waals surface area (Å²) in [5.41, 5.74) is 7.85. The van der Waals surface area contributed by atoms with Gasteiger partial charge in [0.25, 0.3) is 0 Å². The summed E-state index contributed by atoms with van der Waals surface area (Å²) in [5.74, 6) is 1.86. The fourth-order valence-corrected chi connectivity index (χ4v) is 4.12. The predicted octanol–water partition coefficient (Wildman–Crippen LogP) is 4.94. The number of nitrogens with two attached hydrogens (primary N) is 1. The highest BCUT2D eigenvalue weighted by molar-refractivity contribution is 5.74. The van der Waals surface area contributed by atoms with E-state index >= 15 is 0 Å². The maximum Gasteiger partial charge on any atom is 0.349 e. The van der Waals surface area contributed by atoms with Crippen LogP contribution in [0.5, 0.6) is 34.5 Å². The molecule has 9 nitrogen and oxygen atoms in total. The Morgan fingerprint density at radius 1 is 0.974 bits per heavy atom. The van der Waals surface area contributed by atoms with E-state index in [0.717, 1.165) is 5.56 Å². The van der Waals surface area contributed by atoms with Crippen molar-refractivity contribution in [2.45, 2.75) is 19.8 Å². The lowest BCUT2D eigenvalue weighted by Crippen LogP contribution is -2.22. The number of hydrogen-bond acceptors (Lipinski definition) is 9. The maximum atomic E-state index is 12.5. The van der Waals surface area contributed by atoms with E-state index in [9.17, 15) is 10.1 Å². The molecule has 0 saturated carbocycles. The van der Waals surface area contributed by atoms with Gasteiger partial charge in [-0.1, -0.05) is 38.1 Å². The first-order valence-electron chi connectivity index (χ1n) is 12.3. The molecule has 202 valence electrons. The number of nitrogens with zero attached hydrogens (tertiary/aromatic N) is 1. The van der Waals surface area contributed by atoms with Crippen LogP contribution in [0, 0.1) is 17.2 Å². The monoisotopic (exact) mass is 530 g/mol. The number of rotatable bonds is 10. The quantitative estimate of drug-likeness (QED) is 0.287. The fraction of sp³-hybridized carbons (Fsp3) is 0.267. The normalized spacial score (nSPS) is 14.1. The molecule has 0 saturated heterocycles. The number of ether oxygens (including phenoxy) is 6. The van der Waals surface area contributed by atoms with Crippen LogP contribution in [-0.2, 0) is 4.79 Å². The Morgan fingerprint density at radius 2 is 1.69 bits per heavy atom. The van der Waals surface area contributed by atoms with Gasteiger partial charge in [0.2, 0.25) is 5.88 Å². The second kappa shape index (κ2) is 12.1. The number of hydrogen-bond donors (Lipinski definition) is 1. The zero-order chi connectivity index (χ0) is 27.9. The molecule has 1 heterocycles. The van der Waals surface area contributed by atoms with Gasteiger partial charge in [0.05, 0.1) is 26.7 Å². The first-order valence-corrected chi connectivity index (χ1v) is 12.3. The number of methoxy groups -OCH3 is 2. The average molecular weight is 531 g/mol. The van der Waals surface area contributed by atoms with Crippen LogP contribution in [0.15, 0.2) is 72.1 Å². The van der Waals surface area contributed by atoms with Crippen molar-refractivity contribution in [3.8, 4) is 40.6 Å². The van der Waals surface area contributed by atoms with Gasteiger partial charge in [-0.2, -0.15) is 5.26 Å². The summed E-state index contributed by atoms with van der Waals surface area (Å²) in [5, 5.41) is 9.89. The molecule has 0 radical (unpaired) electrons. The second-order valence-corrected chi connectivity index (χ2v) is 9.15. The molecular weight excluding hydrogens is 500 g/mol. The summed E-state index contributed by atoms with van der Waals surface area (Å²) in [7, 11) is 3.08. The van der Waals surface area contributed by atoms with Crippen molar-refractivity contribution >= 4 is 5.97 Å². The third kappa shape index (κ3) is 6.18. The van der Waals surface area contributed by atoms with Gasteiger partial charge < -0.3 is 34.2 Å². The lowest BCUT2D eigenvalue weighted by Gasteiger charge is -2.27. The third-order valence-corrected chi connectivity index (χ3v) is 5.93. The summed E-state index contributed by atoms with van der Waals surface area (Å²) in [6.07, 6.45) is 0. The number of nitriles is 1. The highest BCUT2D eigenvalue weighted by Gasteiger charge is 2.32. The van der Waals surface area contributed by atoms with Crippen molar-refractivity contribution in [3.63, 3.8) is 0 Å². The second-order valence-electron chi connectivity index (χ2n) is 9.15. The van der Waals surface area contributed by atoms with Crippen LogP contribution in [0.4, 0.5) is 0 Å². The average Bonchev–Trinajstić information content (AvgIpc) is 2.94. The van der Waals surface area contributed by atoms with Gasteiger partial charge in [0.1, 0.15) is 23.1 Å². The van der Waals surface area contributed by atoms with E-state index in [-0.39, 0.29) is 23.8 Å². The molecule has 0 aliphatic carbocycles. The summed E-state index contributed by atoms with van der Waals surface area (Å²) in [6, 6.07) is 19.6. The van der Waals surface area contributed by atoms with Crippen molar-refractivity contribution in [2.75, 3.05) is 27.4 Å². The molecule has 1 aliphatic rings. The molecule has 0 amide bonds. The SMILES string of the molecule is COc1ccccc1OCC(=O)Oc1ccc2c(c1)OC(N)=C(C#N)C2c1ccc(OCC(C)C)c(OC)c1. The van der Waals surface area contributed by atoms with Crippen molar-refractivity contribution < 1.29 is 33.2 Å². The molecule has 0 bridgehead atoms. The van der Waals surface area contributed by atoms with Gasteiger partial charge >= 0.3 is 5.97 Å². The summed E-state index contributed by atoms with van der Waals surface area (Å²) < 4.78 is 33.4. The van der Waals surface area contributed by atoms with Crippen LogP contribution >= 0.6 is 0 Å². The zero-order valence-electron chi connectivity index (χ0n) is 22.2. The Hall–Kier alpha value is -4.84. The molecule has 39 heavy (non-hydrogen) atoms. The molecule has 1 aliphatic heterocycles. The number of carbonyl (C=O) groups excluding carboxylic acids is 1. The fourth-order valence-electron chi connectivity index (χ4n) is 4.12. The Bertz CT molecular complexity index is 1430. The van der Waals surface area contributed by atoms with Crippen LogP contribution in [0.3, 0.4) is 0 Å². The summed E-state index contributed by atoms with van der Waals surface area (Å²) in [6.45, 7) is 4.33. The van der Waals surface area contributed by atoms with Gasteiger partial charge in [-0.05, 0) is 41.8 Å². The minimum atomic E-state index is -0.615. The van der Waals surface area contributed by atoms with Crippen LogP contribution in [0.25, 0.3) is 0 Å². The number of para-hydroxylation sites is 2. The van der Waals surface area contributed by atoms with Crippen LogP contribution < -0.4 is 34.2 Å². The number of benzene rings is 3. The highest BCUT2D eigenvalue weighted by Crippen LogP contribution is 2.45. The number of carbonyl (C=O) groups is 1. The Morgan fingerprint density at radius 3 is 2.38 bits per heavy atom. The van der Waals surface area contributed by atoms with E-state index in [1.54, 1.807) is 49.6 Å². The molecule has 1 unspecified atom stereocenters. The van der Waals surface area contributed by atoms with Crippen molar-refractivity contribution in [1.29, 1.82) is 5.26 Å². The van der Waals surface area contributed by atoms with Crippen LogP contribution in [0.2, 0.25) is 0 Å². The Kier molecular flexibility index (Phi) is 8.46. The minimum absolute atomic E-state index is 0.0305. The molecule has 1 atom stereocenters. The first-order chi connectivity index (χ1) is 18.8. The van der Waals surface area contributed by atoms with Crippen molar-refractivity contribution in [1.82, 2.24) is 0 Å². The first kappa shape index (κ1) is 27.2.